The molecule has 0 saturated carbocycles. The first-order valence-corrected chi connectivity index (χ1v) is 7.09. The van der Waals surface area contributed by atoms with Crippen LogP contribution in [-0.2, 0) is 0 Å². The van der Waals surface area contributed by atoms with Crippen molar-refractivity contribution in [2.75, 3.05) is 13.2 Å². The summed E-state index contributed by atoms with van der Waals surface area (Å²) in [6, 6.07) is 6.01. The number of thiophene rings is 2. The van der Waals surface area contributed by atoms with Crippen LogP contribution in [0.5, 0.6) is 11.5 Å². The van der Waals surface area contributed by atoms with Gasteiger partial charge in [-0.3, -0.25) is 0 Å². The van der Waals surface area contributed by atoms with E-state index in [4.69, 9.17) is 9.47 Å². The second-order valence-corrected chi connectivity index (χ2v) is 5.37. The molecule has 2 aromatic heterocycles. The topological polar surface area (TPSA) is 42.2 Å². The predicted octanol–water partition coefficient (Wildman–Crippen LogP) is 3.34. The van der Waals surface area contributed by atoms with E-state index in [2.05, 4.69) is 12.1 Å². The van der Waals surface area contributed by atoms with Gasteiger partial charge >= 0.3 is 0 Å². The van der Waals surface area contributed by atoms with E-state index < -0.39 is 0 Å². The average Bonchev–Trinajstić information content (AvgIpc) is 3.06. The highest BCUT2D eigenvalue weighted by Crippen LogP contribution is 2.40. The third kappa shape index (κ3) is 2.01. The Labute approximate surface area is 113 Å². The Kier molecular flexibility index (Phi) is 3.05. The van der Waals surface area contributed by atoms with Crippen molar-refractivity contribution in [3.05, 3.63) is 38.7 Å². The Hall–Kier alpha value is -1.77. The molecule has 0 saturated heterocycles. The highest BCUT2D eigenvalue weighted by molar-refractivity contribution is 7.11. The molecular formula is C13H8NO2S2. The zero-order chi connectivity index (χ0) is 12.4. The molecular weight excluding hydrogens is 266 g/mol. The standard InChI is InChI=1S/C13H8NO2S2/c14-7-9(11-2-1-5-17-11)6-12-13-10(8-18-12)15-3-4-16-13/h1-2,5,8H,3-4H2. The number of nitriles is 1. The Morgan fingerprint density at radius 2 is 2.17 bits per heavy atom. The molecule has 5 heteroatoms. The molecule has 1 aliphatic heterocycles. The fraction of sp³-hybridized carbons (Fsp3) is 0.154. The van der Waals surface area contributed by atoms with Gasteiger partial charge in [0.15, 0.2) is 11.5 Å². The fourth-order valence-corrected chi connectivity index (χ4v) is 3.13. The molecule has 0 fully saturated rings. The van der Waals surface area contributed by atoms with Crippen LogP contribution in [0.15, 0.2) is 22.9 Å². The quantitative estimate of drug-likeness (QED) is 0.789. The Morgan fingerprint density at radius 3 is 2.94 bits per heavy atom. The lowest BCUT2D eigenvalue weighted by molar-refractivity contribution is 0.173. The first-order valence-electron chi connectivity index (χ1n) is 5.33. The Morgan fingerprint density at radius 1 is 1.28 bits per heavy atom. The fourth-order valence-electron chi connectivity index (χ4n) is 1.63. The molecule has 0 bridgehead atoms. The monoisotopic (exact) mass is 274 g/mol. The zero-order valence-electron chi connectivity index (χ0n) is 9.30. The molecule has 0 N–H and O–H groups in total. The van der Waals surface area contributed by atoms with Crippen molar-refractivity contribution in [3.63, 3.8) is 0 Å². The molecule has 0 amide bonds. The SMILES string of the molecule is N#C/C(=[C]/c1scc2c1OCCO2)c1cccs1. The van der Waals surface area contributed by atoms with Crippen molar-refractivity contribution in [2.24, 2.45) is 0 Å². The largest absolute Gasteiger partial charge is 0.485 e. The summed E-state index contributed by atoms with van der Waals surface area (Å²) in [7, 11) is 0. The maximum atomic E-state index is 9.19. The van der Waals surface area contributed by atoms with Crippen LogP contribution in [0, 0.1) is 17.4 Å². The summed E-state index contributed by atoms with van der Waals surface area (Å²) in [4.78, 5) is 1.73. The lowest BCUT2D eigenvalue weighted by atomic mass is 10.2. The molecule has 0 aliphatic carbocycles. The van der Waals surface area contributed by atoms with Crippen LogP contribution in [0.3, 0.4) is 0 Å². The van der Waals surface area contributed by atoms with Crippen LogP contribution >= 0.6 is 22.7 Å². The van der Waals surface area contributed by atoms with Gasteiger partial charge in [0.05, 0.1) is 10.5 Å². The lowest BCUT2D eigenvalue weighted by Gasteiger charge is -2.15. The van der Waals surface area contributed by atoms with Crippen LogP contribution in [0.4, 0.5) is 0 Å². The van der Waals surface area contributed by atoms with E-state index >= 15 is 0 Å². The summed E-state index contributed by atoms with van der Waals surface area (Å²) in [6.07, 6.45) is 3.12. The van der Waals surface area contributed by atoms with Crippen molar-refractivity contribution in [1.82, 2.24) is 0 Å². The number of allylic oxidation sites excluding steroid dienone is 1. The highest BCUT2D eigenvalue weighted by Gasteiger charge is 2.18. The van der Waals surface area contributed by atoms with Crippen molar-refractivity contribution in [3.8, 4) is 17.6 Å². The minimum atomic E-state index is 0.531. The molecule has 2 aromatic rings. The molecule has 0 aromatic carbocycles. The first kappa shape index (κ1) is 11.3. The summed E-state index contributed by atoms with van der Waals surface area (Å²) in [6.45, 7) is 1.11. The van der Waals surface area contributed by atoms with E-state index in [1.807, 2.05) is 22.9 Å². The number of ether oxygens (including phenoxy) is 2. The minimum Gasteiger partial charge on any atom is -0.485 e. The van der Waals surface area contributed by atoms with E-state index in [1.54, 1.807) is 0 Å². The average molecular weight is 274 g/mol. The van der Waals surface area contributed by atoms with Gasteiger partial charge in [0.25, 0.3) is 0 Å². The Bertz CT molecular complexity index is 620. The smallest absolute Gasteiger partial charge is 0.180 e. The number of hydrogen-bond acceptors (Lipinski definition) is 5. The van der Waals surface area contributed by atoms with Crippen molar-refractivity contribution in [1.29, 1.82) is 5.26 Å². The van der Waals surface area contributed by atoms with Crippen molar-refractivity contribution in [2.45, 2.75) is 0 Å². The summed E-state index contributed by atoms with van der Waals surface area (Å²) in [5.41, 5.74) is 0.531. The summed E-state index contributed by atoms with van der Waals surface area (Å²) >= 11 is 3.00. The molecule has 89 valence electrons. The second-order valence-electron chi connectivity index (χ2n) is 3.54. The van der Waals surface area contributed by atoms with E-state index in [1.165, 1.54) is 22.7 Å². The van der Waals surface area contributed by atoms with E-state index in [9.17, 15) is 5.26 Å². The molecule has 3 nitrogen and oxygen atoms in total. The van der Waals surface area contributed by atoms with Gasteiger partial charge in [-0.1, -0.05) is 6.07 Å². The Balaban J connectivity index is 2.01. The third-order valence-electron chi connectivity index (χ3n) is 2.42. The summed E-state index contributed by atoms with van der Waals surface area (Å²) < 4.78 is 11.0. The van der Waals surface area contributed by atoms with Crippen LogP contribution in [-0.4, -0.2) is 13.2 Å². The number of fused-ring (bicyclic) bond motifs is 1. The van der Waals surface area contributed by atoms with Gasteiger partial charge in [-0.15, -0.1) is 22.7 Å². The molecule has 3 heterocycles. The summed E-state index contributed by atoms with van der Waals surface area (Å²) in [5, 5.41) is 13.0. The minimum absolute atomic E-state index is 0.531. The van der Waals surface area contributed by atoms with Gasteiger partial charge in [0, 0.05) is 16.3 Å². The molecule has 0 atom stereocenters. The zero-order valence-corrected chi connectivity index (χ0v) is 10.9. The molecule has 0 unspecified atom stereocenters. The van der Waals surface area contributed by atoms with Gasteiger partial charge in [0.2, 0.25) is 0 Å². The van der Waals surface area contributed by atoms with E-state index in [0.29, 0.717) is 24.5 Å². The maximum Gasteiger partial charge on any atom is 0.180 e. The van der Waals surface area contributed by atoms with E-state index in [0.717, 1.165) is 15.5 Å². The molecule has 0 spiro atoms. The predicted molar refractivity (Wildman–Crippen MR) is 71.0 cm³/mol. The van der Waals surface area contributed by atoms with Gasteiger partial charge in [-0.2, -0.15) is 5.26 Å². The van der Waals surface area contributed by atoms with Crippen LogP contribution in [0.1, 0.15) is 9.75 Å². The second kappa shape index (κ2) is 4.84. The van der Waals surface area contributed by atoms with Crippen LogP contribution in [0.2, 0.25) is 0 Å². The van der Waals surface area contributed by atoms with E-state index in [-0.39, 0.29) is 0 Å². The molecule has 1 aliphatic rings. The van der Waals surface area contributed by atoms with Gasteiger partial charge in [0.1, 0.15) is 19.3 Å². The lowest BCUT2D eigenvalue weighted by Crippen LogP contribution is -2.14. The first-order chi connectivity index (χ1) is 8.88. The molecule has 1 radical (unpaired) electrons. The van der Waals surface area contributed by atoms with Gasteiger partial charge < -0.3 is 9.47 Å². The van der Waals surface area contributed by atoms with Crippen LogP contribution < -0.4 is 9.47 Å². The van der Waals surface area contributed by atoms with Crippen molar-refractivity contribution >= 4 is 28.2 Å². The molecule has 3 rings (SSSR count). The van der Waals surface area contributed by atoms with Crippen molar-refractivity contribution < 1.29 is 9.47 Å². The molecule has 18 heavy (non-hydrogen) atoms. The number of hydrogen-bond donors (Lipinski definition) is 0. The number of nitrogens with zero attached hydrogens (tertiary/aromatic N) is 1. The van der Waals surface area contributed by atoms with Gasteiger partial charge in [-0.25, -0.2) is 0 Å². The number of rotatable bonds is 2. The van der Waals surface area contributed by atoms with Crippen LogP contribution in [0.25, 0.3) is 5.57 Å². The normalized spacial score (nSPS) is 14.3. The van der Waals surface area contributed by atoms with Gasteiger partial charge in [-0.05, 0) is 11.4 Å². The maximum absolute atomic E-state index is 9.19. The summed E-state index contributed by atoms with van der Waals surface area (Å²) in [5.74, 6) is 1.45. The third-order valence-corrected chi connectivity index (χ3v) is 4.16. The highest BCUT2D eigenvalue weighted by atomic mass is 32.1.